The van der Waals surface area contributed by atoms with Crippen LogP contribution in [0.4, 0.5) is 0 Å². The molecule has 0 bridgehead atoms. The summed E-state index contributed by atoms with van der Waals surface area (Å²) in [6, 6.07) is 4.62. The summed E-state index contributed by atoms with van der Waals surface area (Å²) >= 11 is 0. The molecule has 1 aromatic rings. The molecule has 16 heavy (non-hydrogen) atoms. The smallest absolute Gasteiger partial charge is 0.0646 e. The van der Waals surface area contributed by atoms with Gasteiger partial charge in [0.1, 0.15) is 0 Å². The molecular formula is C13H20N2O. The van der Waals surface area contributed by atoms with Gasteiger partial charge >= 0.3 is 0 Å². The van der Waals surface area contributed by atoms with Crippen LogP contribution in [-0.2, 0) is 11.2 Å². The van der Waals surface area contributed by atoms with Crippen LogP contribution in [0.2, 0.25) is 0 Å². The Morgan fingerprint density at radius 2 is 2.25 bits per heavy atom. The van der Waals surface area contributed by atoms with Crippen LogP contribution in [0.1, 0.15) is 25.8 Å². The molecule has 1 aliphatic heterocycles. The zero-order valence-corrected chi connectivity index (χ0v) is 10.1. The highest BCUT2D eigenvalue weighted by Crippen LogP contribution is 2.18. The minimum absolute atomic E-state index is 0.159. The van der Waals surface area contributed by atoms with E-state index in [0.717, 1.165) is 26.1 Å². The quantitative estimate of drug-likeness (QED) is 0.840. The monoisotopic (exact) mass is 220 g/mol. The van der Waals surface area contributed by atoms with Gasteiger partial charge in [-0.05, 0) is 44.4 Å². The highest BCUT2D eigenvalue weighted by atomic mass is 16.5. The minimum atomic E-state index is 0.159. The van der Waals surface area contributed by atoms with E-state index < -0.39 is 0 Å². The number of pyridine rings is 1. The molecule has 2 rings (SSSR count). The van der Waals surface area contributed by atoms with Crippen molar-refractivity contribution in [3.8, 4) is 0 Å². The Balaban J connectivity index is 1.86. The summed E-state index contributed by atoms with van der Waals surface area (Å²) in [4.78, 5) is 4.03. The first kappa shape index (κ1) is 11.6. The Morgan fingerprint density at radius 3 is 2.88 bits per heavy atom. The maximum atomic E-state index is 5.44. The molecule has 2 heterocycles. The number of rotatable bonds is 4. The van der Waals surface area contributed by atoms with E-state index in [2.05, 4.69) is 36.3 Å². The van der Waals surface area contributed by atoms with Crippen LogP contribution >= 0.6 is 0 Å². The largest absolute Gasteiger partial charge is 0.379 e. The third kappa shape index (κ3) is 3.03. The summed E-state index contributed by atoms with van der Waals surface area (Å²) in [5.74, 6) is 0. The predicted octanol–water partition coefficient (Wildman–Crippen LogP) is 1.78. The lowest BCUT2D eigenvalue weighted by atomic mass is 9.98. The van der Waals surface area contributed by atoms with Crippen LogP contribution in [-0.4, -0.2) is 29.8 Å². The average molecular weight is 220 g/mol. The highest BCUT2D eigenvalue weighted by molar-refractivity contribution is 5.11. The van der Waals surface area contributed by atoms with E-state index in [9.17, 15) is 0 Å². The summed E-state index contributed by atoms with van der Waals surface area (Å²) < 4.78 is 5.44. The van der Waals surface area contributed by atoms with E-state index in [4.69, 9.17) is 4.74 Å². The average Bonchev–Trinajstić information content (AvgIpc) is 2.66. The molecular weight excluding hydrogens is 200 g/mol. The summed E-state index contributed by atoms with van der Waals surface area (Å²) in [5, 5.41) is 3.66. The van der Waals surface area contributed by atoms with Crippen LogP contribution in [0.3, 0.4) is 0 Å². The number of aromatic nitrogens is 1. The summed E-state index contributed by atoms with van der Waals surface area (Å²) in [6.07, 6.45) is 5.84. The molecule has 0 aliphatic carbocycles. The van der Waals surface area contributed by atoms with Gasteiger partial charge in [-0.15, -0.1) is 0 Å². The fourth-order valence-corrected chi connectivity index (χ4v) is 2.30. The van der Waals surface area contributed by atoms with Crippen molar-refractivity contribution >= 4 is 0 Å². The van der Waals surface area contributed by atoms with Gasteiger partial charge in [0.25, 0.3) is 0 Å². The van der Waals surface area contributed by atoms with Crippen LogP contribution in [0, 0.1) is 0 Å². The number of nitrogens with zero attached hydrogens (tertiary/aromatic N) is 1. The lowest BCUT2D eigenvalue weighted by Gasteiger charge is -2.28. The molecule has 1 aliphatic rings. The Hall–Kier alpha value is -0.930. The first-order chi connectivity index (χ1) is 7.68. The van der Waals surface area contributed by atoms with Gasteiger partial charge in [-0.1, -0.05) is 0 Å². The molecule has 3 heteroatoms. The maximum absolute atomic E-state index is 5.44. The molecule has 1 fully saturated rings. The Morgan fingerprint density at radius 1 is 1.50 bits per heavy atom. The molecule has 2 atom stereocenters. The Labute approximate surface area is 97.2 Å². The number of ether oxygens (including phenoxy) is 1. The maximum Gasteiger partial charge on any atom is 0.0646 e. The van der Waals surface area contributed by atoms with E-state index in [-0.39, 0.29) is 5.54 Å². The zero-order valence-electron chi connectivity index (χ0n) is 10.1. The van der Waals surface area contributed by atoms with E-state index in [1.54, 1.807) is 0 Å². The molecule has 0 saturated carbocycles. The lowest BCUT2D eigenvalue weighted by Crippen LogP contribution is -2.48. The predicted molar refractivity (Wildman–Crippen MR) is 64.4 cm³/mol. The van der Waals surface area contributed by atoms with Crippen molar-refractivity contribution in [1.29, 1.82) is 0 Å². The van der Waals surface area contributed by atoms with Crippen LogP contribution in [0.5, 0.6) is 0 Å². The van der Waals surface area contributed by atoms with Gasteiger partial charge in [0.05, 0.1) is 6.61 Å². The zero-order chi connectivity index (χ0) is 11.4. The molecule has 0 aromatic carbocycles. The first-order valence-electron chi connectivity index (χ1n) is 5.92. The van der Waals surface area contributed by atoms with Crippen molar-refractivity contribution in [2.75, 3.05) is 13.2 Å². The second-order valence-corrected chi connectivity index (χ2v) is 4.97. The molecule has 3 nitrogen and oxygen atoms in total. The fraction of sp³-hybridized carbons (Fsp3) is 0.615. The first-order valence-corrected chi connectivity index (χ1v) is 5.92. The van der Waals surface area contributed by atoms with Gasteiger partial charge in [0, 0.05) is 30.6 Å². The van der Waals surface area contributed by atoms with Crippen molar-refractivity contribution in [3.05, 3.63) is 30.1 Å². The second-order valence-electron chi connectivity index (χ2n) is 4.97. The van der Waals surface area contributed by atoms with E-state index in [0.29, 0.717) is 6.04 Å². The lowest BCUT2D eigenvalue weighted by molar-refractivity contribution is 0.167. The third-order valence-electron chi connectivity index (χ3n) is 3.10. The van der Waals surface area contributed by atoms with Gasteiger partial charge in [0.2, 0.25) is 0 Å². The summed E-state index contributed by atoms with van der Waals surface area (Å²) in [6.45, 7) is 6.17. The van der Waals surface area contributed by atoms with E-state index in [1.165, 1.54) is 5.56 Å². The Kier molecular flexibility index (Phi) is 3.56. The molecule has 1 aromatic heterocycles. The number of hydrogen-bond donors (Lipinski definition) is 1. The van der Waals surface area contributed by atoms with Gasteiger partial charge in [-0.3, -0.25) is 4.98 Å². The van der Waals surface area contributed by atoms with Gasteiger partial charge in [-0.25, -0.2) is 0 Å². The SMILES string of the molecule is CC(Cc1ccncc1)NC1(C)CCOC1. The van der Waals surface area contributed by atoms with Crippen molar-refractivity contribution in [1.82, 2.24) is 10.3 Å². The van der Waals surface area contributed by atoms with Crippen LogP contribution in [0.25, 0.3) is 0 Å². The fourth-order valence-electron chi connectivity index (χ4n) is 2.30. The second kappa shape index (κ2) is 4.93. The van der Waals surface area contributed by atoms with E-state index >= 15 is 0 Å². The minimum Gasteiger partial charge on any atom is -0.379 e. The summed E-state index contributed by atoms with van der Waals surface area (Å²) in [7, 11) is 0. The molecule has 1 saturated heterocycles. The standard InChI is InChI=1S/C13H20N2O/c1-11(9-12-3-6-14-7-4-12)15-13(2)5-8-16-10-13/h3-4,6-7,11,15H,5,8-10H2,1-2H3. The van der Waals surface area contributed by atoms with Gasteiger partial charge in [0.15, 0.2) is 0 Å². The van der Waals surface area contributed by atoms with Crippen molar-refractivity contribution in [2.45, 2.75) is 38.3 Å². The topological polar surface area (TPSA) is 34.2 Å². The molecule has 1 N–H and O–H groups in total. The van der Waals surface area contributed by atoms with E-state index in [1.807, 2.05) is 12.4 Å². The van der Waals surface area contributed by atoms with Gasteiger partial charge in [-0.2, -0.15) is 0 Å². The number of hydrogen-bond acceptors (Lipinski definition) is 3. The third-order valence-corrected chi connectivity index (χ3v) is 3.10. The number of nitrogens with one attached hydrogen (secondary N) is 1. The molecule has 2 unspecified atom stereocenters. The Bertz CT molecular complexity index is 320. The van der Waals surface area contributed by atoms with Crippen LogP contribution in [0.15, 0.2) is 24.5 Å². The van der Waals surface area contributed by atoms with Crippen molar-refractivity contribution in [2.24, 2.45) is 0 Å². The summed E-state index contributed by atoms with van der Waals surface area (Å²) in [5.41, 5.74) is 1.49. The van der Waals surface area contributed by atoms with Crippen molar-refractivity contribution < 1.29 is 4.74 Å². The van der Waals surface area contributed by atoms with Crippen LogP contribution < -0.4 is 5.32 Å². The molecule has 0 spiro atoms. The van der Waals surface area contributed by atoms with Gasteiger partial charge < -0.3 is 10.1 Å². The molecule has 88 valence electrons. The molecule has 0 amide bonds. The molecule has 0 radical (unpaired) electrons. The van der Waals surface area contributed by atoms with Crippen molar-refractivity contribution in [3.63, 3.8) is 0 Å². The normalized spacial score (nSPS) is 26.9. The highest BCUT2D eigenvalue weighted by Gasteiger charge is 2.30.